The molecule has 4 rings (SSSR count). The van der Waals surface area contributed by atoms with Crippen LogP contribution in [0.4, 0.5) is 11.4 Å². The first-order valence-corrected chi connectivity index (χ1v) is 11.2. The number of carbonyl (C=O) groups is 1. The zero-order chi connectivity index (χ0) is 21.1. The van der Waals surface area contributed by atoms with Gasteiger partial charge in [-0.2, -0.15) is 0 Å². The average Bonchev–Trinajstić information content (AvgIpc) is 2.78. The monoisotopic (exact) mass is 409 g/mol. The summed E-state index contributed by atoms with van der Waals surface area (Å²) in [5, 5.41) is 6.28. The maximum absolute atomic E-state index is 12.4. The van der Waals surface area contributed by atoms with Crippen LogP contribution >= 0.6 is 0 Å². The molecular weight excluding hydrogens is 378 g/mol. The number of hydrogen-bond donors (Lipinski definition) is 2. The van der Waals surface area contributed by atoms with Crippen LogP contribution in [0.2, 0.25) is 0 Å². The predicted molar refractivity (Wildman–Crippen MR) is 120 cm³/mol. The van der Waals surface area contributed by atoms with Crippen LogP contribution < -0.4 is 26.4 Å². The van der Waals surface area contributed by atoms with Gasteiger partial charge in [-0.3, -0.25) is 14.4 Å². The lowest BCUT2D eigenvalue weighted by molar-refractivity contribution is 0.0927. The van der Waals surface area contributed by atoms with Crippen molar-refractivity contribution in [2.24, 2.45) is 5.92 Å². The highest BCUT2D eigenvalue weighted by atomic mass is 16.2. The van der Waals surface area contributed by atoms with Gasteiger partial charge in [0, 0.05) is 31.2 Å². The van der Waals surface area contributed by atoms with Gasteiger partial charge in [0.1, 0.15) is 11.4 Å². The topological polar surface area (TPSA) is 78.5 Å². The van der Waals surface area contributed by atoms with Crippen molar-refractivity contribution in [1.29, 1.82) is 0 Å². The molecule has 1 saturated carbocycles. The fourth-order valence-electron chi connectivity index (χ4n) is 4.56. The second kappa shape index (κ2) is 9.02. The molecule has 6 heteroatoms. The Morgan fingerprint density at radius 2 is 1.63 bits per heavy atom. The lowest BCUT2D eigenvalue weighted by Crippen LogP contribution is -2.45. The summed E-state index contributed by atoms with van der Waals surface area (Å²) in [4.78, 5) is 38.7. The number of anilines is 2. The van der Waals surface area contributed by atoms with E-state index in [9.17, 15) is 14.4 Å². The van der Waals surface area contributed by atoms with E-state index in [1.54, 1.807) is 0 Å². The molecule has 1 amide bonds. The first kappa shape index (κ1) is 20.6. The molecule has 0 unspecified atom stereocenters. The third kappa shape index (κ3) is 4.42. The van der Waals surface area contributed by atoms with Crippen LogP contribution in [0.3, 0.4) is 0 Å². The Balaban J connectivity index is 1.34. The van der Waals surface area contributed by atoms with Gasteiger partial charge < -0.3 is 15.5 Å². The van der Waals surface area contributed by atoms with Gasteiger partial charge in [-0.15, -0.1) is 0 Å². The van der Waals surface area contributed by atoms with Gasteiger partial charge >= 0.3 is 0 Å². The fraction of sp³-hybridized carbons (Fsp3) is 0.542. The number of amides is 1. The van der Waals surface area contributed by atoms with Gasteiger partial charge in [0.25, 0.3) is 16.8 Å². The van der Waals surface area contributed by atoms with Crippen LogP contribution in [-0.2, 0) is 6.54 Å². The lowest BCUT2D eigenvalue weighted by Gasteiger charge is -2.33. The molecule has 1 saturated heterocycles. The highest BCUT2D eigenvalue weighted by molar-refractivity contribution is 5.94. The van der Waals surface area contributed by atoms with Gasteiger partial charge in [0.05, 0.1) is 0 Å². The van der Waals surface area contributed by atoms with Crippen molar-refractivity contribution in [1.82, 2.24) is 5.32 Å². The largest absolute Gasteiger partial charge is 0.376 e. The second-order valence-electron chi connectivity index (χ2n) is 8.91. The molecule has 2 aromatic carbocycles. The quantitative estimate of drug-likeness (QED) is 0.717. The standard InChI is InChI=1S/C24H31N3O3/c1-16-11-13-27(14-12-16)21-20(22(28)23(21)29)25-15-17-7-9-18(10-8-17)24(30)26-19-5-3-2-4-6-19/h7-10,16,19,25H,2-6,11-15H2,1H3,(H,26,30). The minimum atomic E-state index is -0.424. The molecule has 2 aliphatic rings. The Kier molecular flexibility index (Phi) is 6.21. The van der Waals surface area contributed by atoms with Crippen molar-refractivity contribution >= 4 is 17.3 Å². The second-order valence-corrected chi connectivity index (χ2v) is 8.91. The molecule has 6 nitrogen and oxygen atoms in total. The molecule has 1 aliphatic heterocycles. The van der Waals surface area contributed by atoms with Crippen molar-refractivity contribution in [3.63, 3.8) is 0 Å². The van der Waals surface area contributed by atoms with Gasteiger partial charge in [-0.05, 0) is 49.3 Å². The van der Waals surface area contributed by atoms with E-state index in [1.165, 1.54) is 19.3 Å². The summed E-state index contributed by atoms with van der Waals surface area (Å²) in [6.45, 7) is 4.32. The molecule has 0 radical (unpaired) electrons. The Labute approximate surface area is 177 Å². The van der Waals surface area contributed by atoms with Crippen LogP contribution in [0.15, 0.2) is 33.9 Å². The maximum atomic E-state index is 12.4. The van der Waals surface area contributed by atoms with Gasteiger partial charge in [0.2, 0.25) is 0 Å². The minimum Gasteiger partial charge on any atom is -0.376 e. The van der Waals surface area contributed by atoms with Gasteiger partial charge in [-0.1, -0.05) is 38.3 Å². The first-order valence-electron chi connectivity index (χ1n) is 11.2. The molecule has 2 aromatic rings. The van der Waals surface area contributed by atoms with E-state index in [1.807, 2.05) is 29.2 Å². The van der Waals surface area contributed by atoms with Crippen LogP contribution in [0, 0.1) is 5.92 Å². The first-order chi connectivity index (χ1) is 14.5. The SMILES string of the molecule is CC1CCN(c2c(NCc3ccc(C(=O)NC4CCCCC4)cc3)c(=O)c2=O)CC1. The zero-order valence-corrected chi connectivity index (χ0v) is 17.7. The molecule has 2 fully saturated rings. The van der Waals surface area contributed by atoms with Crippen LogP contribution in [-0.4, -0.2) is 25.0 Å². The number of nitrogens with one attached hydrogen (secondary N) is 2. The van der Waals surface area contributed by atoms with Crippen molar-refractivity contribution < 1.29 is 4.79 Å². The van der Waals surface area contributed by atoms with Crippen molar-refractivity contribution in [2.45, 2.75) is 64.5 Å². The molecule has 1 aliphatic carbocycles. The van der Waals surface area contributed by atoms with E-state index < -0.39 is 5.43 Å². The summed E-state index contributed by atoms with van der Waals surface area (Å²) in [5.74, 6) is 0.642. The fourth-order valence-corrected chi connectivity index (χ4v) is 4.56. The molecule has 0 aromatic heterocycles. The Morgan fingerprint density at radius 1 is 0.967 bits per heavy atom. The average molecular weight is 410 g/mol. The van der Waals surface area contributed by atoms with Crippen LogP contribution in [0.25, 0.3) is 0 Å². The number of piperidine rings is 1. The maximum Gasteiger partial charge on any atom is 0.253 e. The Bertz CT molecular complexity index is 945. The molecule has 0 bridgehead atoms. The number of carbonyl (C=O) groups excluding carboxylic acids is 1. The minimum absolute atomic E-state index is 0.0227. The van der Waals surface area contributed by atoms with Crippen LogP contribution in [0.5, 0.6) is 0 Å². The van der Waals surface area contributed by atoms with E-state index in [4.69, 9.17) is 0 Å². The third-order valence-corrected chi connectivity index (χ3v) is 6.61. The summed E-state index contributed by atoms with van der Waals surface area (Å²) in [7, 11) is 0. The Morgan fingerprint density at radius 3 is 2.30 bits per heavy atom. The predicted octanol–water partition coefficient (Wildman–Crippen LogP) is 3.19. The van der Waals surface area contributed by atoms with Crippen molar-refractivity contribution in [3.05, 3.63) is 55.8 Å². The highest BCUT2D eigenvalue weighted by Crippen LogP contribution is 2.26. The molecule has 0 spiro atoms. The van der Waals surface area contributed by atoms with E-state index in [2.05, 4.69) is 17.6 Å². The summed E-state index contributed by atoms with van der Waals surface area (Å²) in [6, 6.07) is 7.74. The van der Waals surface area contributed by atoms with E-state index in [0.717, 1.165) is 44.3 Å². The summed E-state index contributed by atoms with van der Waals surface area (Å²) < 4.78 is 0. The molecular formula is C24H31N3O3. The van der Waals surface area contributed by atoms with Crippen molar-refractivity contribution in [2.75, 3.05) is 23.3 Å². The number of hydrogen-bond acceptors (Lipinski definition) is 5. The summed E-state index contributed by atoms with van der Waals surface area (Å²) >= 11 is 0. The highest BCUT2D eigenvalue weighted by Gasteiger charge is 2.28. The van der Waals surface area contributed by atoms with Crippen LogP contribution in [0.1, 0.15) is 67.8 Å². The Hall–Kier alpha value is -2.63. The summed E-state index contributed by atoms with van der Waals surface area (Å²) in [6.07, 6.45) is 7.85. The molecule has 30 heavy (non-hydrogen) atoms. The molecule has 1 heterocycles. The normalized spacial score (nSPS) is 18.5. The lowest BCUT2D eigenvalue weighted by atomic mass is 9.95. The van der Waals surface area contributed by atoms with Crippen molar-refractivity contribution in [3.8, 4) is 0 Å². The van der Waals surface area contributed by atoms with E-state index >= 15 is 0 Å². The smallest absolute Gasteiger partial charge is 0.253 e. The zero-order valence-electron chi connectivity index (χ0n) is 17.7. The van der Waals surface area contributed by atoms with Gasteiger partial charge in [0.15, 0.2) is 0 Å². The van der Waals surface area contributed by atoms with E-state index in [0.29, 0.717) is 29.4 Å². The molecule has 160 valence electrons. The summed E-state index contributed by atoms with van der Waals surface area (Å²) in [5.41, 5.74) is 1.81. The third-order valence-electron chi connectivity index (χ3n) is 6.61. The number of benzene rings is 1. The number of rotatable bonds is 6. The van der Waals surface area contributed by atoms with E-state index in [-0.39, 0.29) is 17.4 Å². The molecule has 0 atom stereocenters. The molecule has 2 N–H and O–H groups in total. The van der Waals surface area contributed by atoms with Gasteiger partial charge in [-0.25, -0.2) is 0 Å². The number of nitrogens with zero attached hydrogens (tertiary/aromatic N) is 1.